The van der Waals surface area contributed by atoms with E-state index in [1.54, 1.807) is 16.7 Å². The van der Waals surface area contributed by atoms with Gasteiger partial charge < -0.3 is 8.98 Å². The van der Waals surface area contributed by atoms with Crippen molar-refractivity contribution in [2.45, 2.75) is 12.7 Å². The van der Waals surface area contributed by atoms with Crippen molar-refractivity contribution in [1.82, 2.24) is 14.5 Å². The number of imidazole rings is 1. The highest BCUT2D eigenvalue weighted by atomic mass is 35.5. The van der Waals surface area contributed by atoms with Gasteiger partial charge in [0.15, 0.2) is 0 Å². The molecule has 6 nitrogen and oxygen atoms in total. The lowest BCUT2D eigenvalue weighted by Crippen LogP contribution is -2.17. The van der Waals surface area contributed by atoms with Crippen LogP contribution in [0.3, 0.4) is 0 Å². The maximum Gasteiger partial charge on any atom is 0.416 e. The van der Waals surface area contributed by atoms with Crippen molar-refractivity contribution in [3.8, 4) is 0 Å². The zero-order valence-corrected chi connectivity index (χ0v) is 15.3. The standard InChI is InChI=1S/C19H12ClF3N4O2/c20-12-5-6-24-15(9-12)17(28)26-18-25-14-8-11(19(21,22)23)3-4-16(14)27(18)10-13-2-1-7-29-13/h1-9H,10H2,(H,25,26,28). The van der Waals surface area contributed by atoms with Gasteiger partial charge in [0.05, 0.1) is 29.4 Å². The molecule has 148 valence electrons. The lowest BCUT2D eigenvalue weighted by molar-refractivity contribution is -0.137. The predicted octanol–water partition coefficient (Wildman–Crippen LogP) is 5.00. The van der Waals surface area contributed by atoms with Crippen LogP contribution in [0.15, 0.2) is 59.3 Å². The average molecular weight is 421 g/mol. The third kappa shape index (κ3) is 3.95. The zero-order valence-electron chi connectivity index (χ0n) is 14.6. The fourth-order valence-corrected chi connectivity index (χ4v) is 2.97. The third-order valence-corrected chi connectivity index (χ3v) is 4.38. The molecular weight excluding hydrogens is 409 g/mol. The first-order chi connectivity index (χ1) is 13.8. The maximum absolute atomic E-state index is 13.1. The predicted molar refractivity (Wildman–Crippen MR) is 99.7 cm³/mol. The Kier molecular flexibility index (Phi) is 4.75. The molecule has 4 rings (SSSR count). The average Bonchev–Trinajstić information content (AvgIpc) is 3.29. The molecule has 0 bridgehead atoms. The van der Waals surface area contributed by atoms with Crippen LogP contribution in [0.5, 0.6) is 0 Å². The van der Waals surface area contributed by atoms with Crippen LogP contribution < -0.4 is 5.32 Å². The number of furan rings is 1. The molecule has 4 aromatic rings. The summed E-state index contributed by atoms with van der Waals surface area (Å²) in [6, 6.07) is 9.49. The highest BCUT2D eigenvalue weighted by molar-refractivity contribution is 6.30. The van der Waals surface area contributed by atoms with E-state index < -0.39 is 17.6 Å². The van der Waals surface area contributed by atoms with E-state index in [2.05, 4.69) is 15.3 Å². The molecular formula is C19H12ClF3N4O2. The molecule has 3 heterocycles. The molecule has 0 aliphatic rings. The Morgan fingerprint density at radius 1 is 1.21 bits per heavy atom. The number of anilines is 1. The molecule has 0 spiro atoms. The number of aromatic nitrogens is 3. The lowest BCUT2D eigenvalue weighted by Gasteiger charge is -2.09. The molecule has 29 heavy (non-hydrogen) atoms. The smallest absolute Gasteiger partial charge is 0.416 e. The number of nitrogens with zero attached hydrogens (tertiary/aromatic N) is 3. The van der Waals surface area contributed by atoms with E-state index in [-0.39, 0.29) is 23.7 Å². The SMILES string of the molecule is O=C(Nc1nc2cc(C(F)(F)F)ccc2n1Cc1ccco1)c1cc(Cl)ccn1. The first-order valence-corrected chi connectivity index (χ1v) is 8.72. The summed E-state index contributed by atoms with van der Waals surface area (Å²) in [5.41, 5.74) is -0.295. The molecule has 0 aliphatic heterocycles. The van der Waals surface area contributed by atoms with Gasteiger partial charge in [-0.2, -0.15) is 13.2 Å². The molecule has 1 aromatic carbocycles. The van der Waals surface area contributed by atoms with Crippen LogP contribution in [0.2, 0.25) is 5.02 Å². The number of halogens is 4. The topological polar surface area (TPSA) is 73.0 Å². The van der Waals surface area contributed by atoms with Crippen molar-refractivity contribution in [3.63, 3.8) is 0 Å². The van der Waals surface area contributed by atoms with Gasteiger partial charge in [-0.05, 0) is 42.5 Å². The molecule has 0 radical (unpaired) electrons. The van der Waals surface area contributed by atoms with Crippen LogP contribution in [0, 0.1) is 0 Å². The molecule has 0 saturated heterocycles. The van der Waals surface area contributed by atoms with Gasteiger partial charge in [0.25, 0.3) is 5.91 Å². The molecule has 0 unspecified atom stereocenters. The molecule has 0 atom stereocenters. The summed E-state index contributed by atoms with van der Waals surface area (Å²) < 4.78 is 46.0. The van der Waals surface area contributed by atoms with Crippen LogP contribution in [0.4, 0.5) is 19.1 Å². The van der Waals surface area contributed by atoms with Crippen LogP contribution in [0.1, 0.15) is 21.8 Å². The quantitative estimate of drug-likeness (QED) is 0.504. The second-order valence-corrected chi connectivity index (χ2v) is 6.55. The van der Waals surface area contributed by atoms with Gasteiger partial charge in [-0.1, -0.05) is 11.6 Å². The number of carbonyl (C=O) groups excluding carboxylic acids is 1. The monoisotopic (exact) mass is 420 g/mol. The molecule has 1 N–H and O–H groups in total. The van der Waals surface area contributed by atoms with Crippen LogP contribution in [-0.4, -0.2) is 20.4 Å². The van der Waals surface area contributed by atoms with E-state index in [4.69, 9.17) is 16.0 Å². The number of fused-ring (bicyclic) bond motifs is 1. The van der Waals surface area contributed by atoms with E-state index >= 15 is 0 Å². The van der Waals surface area contributed by atoms with E-state index in [0.717, 1.165) is 12.1 Å². The number of nitrogens with one attached hydrogen (secondary N) is 1. The molecule has 3 aromatic heterocycles. The number of pyridine rings is 1. The number of alkyl halides is 3. The van der Waals surface area contributed by atoms with Crippen LogP contribution >= 0.6 is 11.6 Å². The van der Waals surface area contributed by atoms with Crippen LogP contribution in [0.25, 0.3) is 11.0 Å². The van der Waals surface area contributed by atoms with Crippen molar-refractivity contribution >= 4 is 34.5 Å². The number of carbonyl (C=O) groups is 1. The van der Waals surface area contributed by atoms with Crippen molar-refractivity contribution in [2.75, 3.05) is 5.32 Å². The Bertz CT molecular complexity index is 1190. The minimum Gasteiger partial charge on any atom is -0.467 e. The largest absolute Gasteiger partial charge is 0.467 e. The number of hydrogen-bond donors (Lipinski definition) is 1. The highest BCUT2D eigenvalue weighted by Gasteiger charge is 2.31. The van der Waals surface area contributed by atoms with Gasteiger partial charge in [0.2, 0.25) is 5.95 Å². The lowest BCUT2D eigenvalue weighted by atomic mass is 10.2. The van der Waals surface area contributed by atoms with Gasteiger partial charge in [-0.25, -0.2) is 4.98 Å². The van der Waals surface area contributed by atoms with Crippen LogP contribution in [-0.2, 0) is 12.7 Å². The third-order valence-electron chi connectivity index (χ3n) is 4.15. The summed E-state index contributed by atoms with van der Waals surface area (Å²) in [6.07, 6.45) is -1.66. The minimum absolute atomic E-state index is 0.0464. The van der Waals surface area contributed by atoms with Gasteiger partial charge in [0, 0.05) is 11.2 Å². The van der Waals surface area contributed by atoms with E-state index in [9.17, 15) is 18.0 Å². The van der Waals surface area contributed by atoms with E-state index in [1.165, 1.54) is 30.7 Å². The highest BCUT2D eigenvalue weighted by Crippen LogP contribution is 2.32. The Morgan fingerprint density at radius 2 is 2.03 bits per heavy atom. The number of rotatable bonds is 4. The molecule has 10 heteroatoms. The Labute approximate surface area is 166 Å². The van der Waals surface area contributed by atoms with Gasteiger partial charge in [-0.15, -0.1) is 0 Å². The fourth-order valence-electron chi connectivity index (χ4n) is 2.81. The van der Waals surface area contributed by atoms with Crippen molar-refractivity contribution in [3.05, 3.63) is 77.0 Å². The number of benzene rings is 1. The maximum atomic E-state index is 13.1. The summed E-state index contributed by atoms with van der Waals surface area (Å²) in [7, 11) is 0. The Hall–Kier alpha value is -3.33. The summed E-state index contributed by atoms with van der Waals surface area (Å²) in [5, 5.41) is 2.91. The van der Waals surface area contributed by atoms with Gasteiger partial charge in [-0.3, -0.25) is 15.1 Å². The second-order valence-electron chi connectivity index (χ2n) is 6.12. The fraction of sp³-hybridized carbons (Fsp3) is 0.105. The van der Waals surface area contributed by atoms with E-state index in [0.29, 0.717) is 16.3 Å². The Balaban J connectivity index is 1.77. The zero-order chi connectivity index (χ0) is 20.6. The summed E-state index contributed by atoms with van der Waals surface area (Å²) in [4.78, 5) is 20.7. The first-order valence-electron chi connectivity index (χ1n) is 8.34. The second kappa shape index (κ2) is 7.25. The van der Waals surface area contributed by atoms with Crippen molar-refractivity contribution in [2.24, 2.45) is 0 Å². The first kappa shape index (κ1) is 19.0. The summed E-state index contributed by atoms with van der Waals surface area (Å²) >= 11 is 5.88. The molecule has 0 aliphatic carbocycles. The van der Waals surface area contributed by atoms with E-state index in [1.807, 2.05) is 0 Å². The van der Waals surface area contributed by atoms with Crippen molar-refractivity contribution in [1.29, 1.82) is 0 Å². The summed E-state index contributed by atoms with van der Waals surface area (Å²) in [6.45, 7) is 0.160. The normalized spacial score (nSPS) is 11.7. The number of amides is 1. The molecule has 0 saturated carbocycles. The summed E-state index contributed by atoms with van der Waals surface area (Å²) in [5.74, 6) is 0.00243. The molecule has 0 fully saturated rings. The minimum atomic E-state index is -4.51. The van der Waals surface area contributed by atoms with Crippen molar-refractivity contribution < 1.29 is 22.4 Å². The molecule has 1 amide bonds. The Morgan fingerprint density at radius 3 is 2.72 bits per heavy atom. The van der Waals surface area contributed by atoms with Gasteiger partial charge >= 0.3 is 6.18 Å². The number of hydrogen-bond acceptors (Lipinski definition) is 4. The van der Waals surface area contributed by atoms with Gasteiger partial charge in [0.1, 0.15) is 11.5 Å².